The lowest BCUT2D eigenvalue weighted by Crippen LogP contribution is -2.47. The van der Waals surface area contributed by atoms with Gasteiger partial charge in [-0.2, -0.15) is 0 Å². The summed E-state index contributed by atoms with van der Waals surface area (Å²) in [5.74, 6) is 0.105. The van der Waals surface area contributed by atoms with Gasteiger partial charge in [0.1, 0.15) is 22.9 Å². The number of carboxylic acid groups (broad SMARTS) is 1. The SMILES string of the molecule is CNc1ncc(Oc2cc(N3CCN(CC4=C(c5ccc(Cl)cc5)CC(C)(C)CC4)CC3)ccc2C(=O)O)cc1Cl. The van der Waals surface area contributed by atoms with E-state index in [1.807, 2.05) is 18.2 Å². The van der Waals surface area contributed by atoms with Gasteiger partial charge < -0.3 is 20.1 Å². The average molecular weight is 596 g/mol. The Morgan fingerprint density at radius 3 is 2.46 bits per heavy atom. The third-order valence-electron chi connectivity index (χ3n) is 8.01. The number of aromatic carboxylic acids is 1. The first-order chi connectivity index (χ1) is 19.6. The number of allylic oxidation sites excluding steroid dienone is 1. The topological polar surface area (TPSA) is 77.9 Å². The summed E-state index contributed by atoms with van der Waals surface area (Å²) < 4.78 is 5.98. The second-order valence-corrected chi connectivity index (χ2v) is 12.4. The third kappa shape index (κ3) is 6.97. The molecule has 7 nitrogen and oxygen atoms in total. The highest BCUT2D eigenvalue weighted by atomic mass is 35.5. The molecule has 1 aliphatic heterocycles. The molecule has 1 aliphatic carbocycles. The predicted molar refractivity (Wildman–Crippen MR) is 167 cm³/mol. The van der Waals surface area contributed by atoms with Gasteiger partial charge in [0.15, 0.2) is 0 Å². The lowest BCUT2D eigenvalue weighted by atomic mass is 9.72. The Balaban J connectivity index is 1.30. The van der Waals surface area contributed by atoms with E-state index in [9.17, 15) is 9.90 Å². The highest BCUT2D eigenvalue weighted by molar-refractivity contribution is 6.33. The van der Waals surface area contributed by atoms with Gasteiger partial charge in [-0.25, -0.2) is 9.78 Å². The van der Waals surface area contributed by atoms with Crippen LogP contribution in [0.2, 0.25) is 10.0 Å². The molecule has 0 saturated carbocycles. The van der Waals surface area contributed by atoms with Crippen molar-refractivity contribution in [3.63, 3.8) is 0 Å². The molecule has 1 saturated heterocycles. The fraction of sp³-hybridized carbons (Fsp3) is 0.375. The number of carboxylic acids is 1. The normalized spacial score (nSPS) is 17.4. The van der Waals surface area contributed by atoms with E-state index in [1.54, 1.807) is 25.2 Å². The maximum Gasteiger partial charge on any atom is 0.339 e. The van der Waals surface area contributed by atoms with Crippen LogP contribution in [-0.2, 0) is 0 Å². The zero-order chi connectivity index (χ0) is 29.1. The number of piperazine rings is 1. The summed E-state index contributed by atoms with van der Waals surface area (Å²) in [5, 5.41) is 13.8. The number of benzene rings is 2. The molecular weight excluding hydrogens is 559 g/mol. The van der Waals surface area contributed by atoms with E-state index in [4.69, 9.17) is 27.9 Å². The van der Waals surface area contributed by atoms with Crippen LogP contribution >= 0.6 is 23.2 Å². The van der Waals surface area contributed by atoms with Crippen molar-refractivity contribution >= 4 is 46.2 Å². The van der Waals surface area contributed by atoms with Crippen LogP contribution in [0.15, 0.2) is 60.3 Å². The van der Waals surface area contributed by atoms with Crippen LogP contribution in [0.3, 0.4) is 0 Å². The molecule has 0 bridgehead atoms. The van der Waals surface area contributed by atoms with Gasteiger partial charge in [0.25, 0.3) is 0 Å². The molecule has 216 valence electrons. The zero-order valence-electron chi connectivity index (χ0n) is 23.7. The van der Waals surface area contributed by atoms with Crippen LogP contribution in [0.1, 0.15) is 49.0 Å². The van der Waals surface area contributed by atoms with Crippen LogP contribution in [0.5, 0.6) is 11.5 Å². The number of rotatable bonds is 8. The van der Waals surface area contributed by atoms with Crippen molar-refractivity contribution < 1.29 is 14.6 Å². The predicted octanol–water partition coefficient (Wildman–Crippen LogP) is 7.71. The van der Waals surface area contributed by atoms with Crippen LogP contribution in [0, 0.1) is 5.41 Å². The van der Waals surface area contributed by atoms with Gasteiger partial charge in [-0.05, 0) is 60.1 Å². The molecule has 41 heavy (non-hydrogen) atoms. The van der Waals surface area contributed by atoms with E-state index in [0.29, 0.717) is 16.6 Å². The van der Waals surface area contributed by atoms with Crippen molar-refractivity contribution in [3.05, 3.63) is 81.5 Å². The quantitative estimate of drug-likeness (QED) is 0.276. The Bertz CT molecular complexity index is 1450. The number of ether oxygens (including phenoxy) is 1. The van der Waals surface area contributed by atoms with E-state index in [2.05, 4.69) is 46.1 Å². The summed E-state index contributed by atoms with van der Waals surface area (Å²) >= 11 is 12.4. The molecule has 0 unspecified atom stereocenters. The Morgan fingerprint density at radius 1 is 1.07 bits per heavy atom. The molecule has 2 aromatic carbocycles. The molecule has 3 aromatic rings. The van der Waals surface area contributed by atoms with Gasteiger partial charge >= 0.3 is 5.97 Å². The summed E-state index contributed by atoms with van der Waals surface area (Å²) in [6.45, 7) is 9.19. The van der Waals surface area contributed by atoms with Crippen LogP contribution in [0.4, 0.5) is 11.5 Å². The molecular formula is C32H36Cl2N4O3. The van der Waals surface area contributed by atoms with Crippen molar-refractivity contribution in [1.29, 1.82) is 0 Å². The molecule has 0 atom stereocenters. The first-order valence-corrected chi connectivity index (χ1v) is 14.7. The van der Waals surface area contributed by atoms with Gasteiger partial charge in [0, 0.05) is 62.6 Å². The number of anilines is 2. The summed E-state index contributed by atoms with van der Waals surface area (Å²) in [6.07, 6.45) is 4.89. The summed E-state index contributed by atoms with van der Waals surface area (Å²) in [7, 11) is 1.73. The molecule has 2 N–H and O–H groups in total. The van der Waals surface area contributed by atoms with E-state index < -0.39 is 5.97 Å². The van der Waals surface area contributed by atoms with Crippen molar-refractivity contribution in [3.8, 4) is 11.5 Å². The number of pyridine rings is 1. The maximum absolute atomic E-state index is 11.9. The van der Waals surface area contributed by atoms with E-state index >= 15 is 0 Å². The first-order valence-electron chi connectivity index (χ1n) is 13.9. The van der Waals surface area contributed by atoms with Gasteiger partial charge in [-0.1, -0.05) is 54.8 Å². The number of carbonyl (C=O) groups is 1. The van der Waals surface area contributed by atoms with E-state index in [1.165, 1.54) is 29.3 Å². The van der Waals surface area contributed by atoms with Crippen molar-refractivity contribution in [1.82, 2.24) is 9.88 Å². The van der Waals surface area contributed by atoms with Crippen LogP contribution < -0.4 is 15.0 Å². The van der Waals surface area contributed by atoms with Crippen molar-refractivity contribution in [2.24, 2.45) is 5.41 Å². The molecule has 1 aromatic heterocycles. The van der Waals surface area contributed by atoms with Crippen molar-refractivity contribution in [2.45, 2.75) is 33.1 Å². The number of nitrogens with one attached hydrogen (secondary N) is 1. The van der Waals surface area contributed by atoms with E-state index in [0.717, 1.165) is 56.3 Å². The molecule has 0 amide bonds. The van der Waals surface area contributed by atoms with Gasteiger partial charge in [-0.15, -0.1) is 0 Å². The standard InChI is InChI=1S/C32H36Cl2N4O3/c1-32(2)11-10-22(27(18-32)21-4-6-23(33)7-5-21)20-37-12-14-38(15-13-37)24-8-9-26(31(39)40)29(16-24)41-25-17-28(34)30(35-3)36-19-25/h4-9,16-17,19H,10-15,18,20H2,1-3H3,(H,35,36)(H,39,40). The summed E-state index contributed by atoms with van der Waals surface area (Å²) in [4.78, 5) is 21.0. The van der Waals surface area contributed by atoms with Crippen LogP contribution in [0.25, 0.3) is 5.57 Å². The third-order valence-corrected chi connectivity index (χ3v) is 8.55. The van der Waals surface area contributed by atoms with Crippen LogP contribution in [-0.4, -0.2) is 60.7 Å². The van der Waals surface area contributed by atoms with Gasteiger partial charge in [0.05, 0.1) is 11.2 Å². The smallest absolute Gasteiger partial charge is 0.339 e. The van der Waals surface area contributed by atoms with E-state index in [-0.39, 0.29) is 16.7 Å². The minimum absolute atomic E-state index is 0.0862. The Labute approximate surface area is 251 Å². The molecule has 0 radical (unpaired) electrons. The largest absolute Gasteiger partial charge is 0.478 e. The molecule has 2 aliphatic rings. The minimum Gasteiger partial charge on any atom is -0.478 e. The maximum atomic E-state index is 11.9. The van der Waals surface area contributed by atoms with Gasteiger partial charge in [0.2, 0.25) is 0 Å². The Hall–Kier alpha value is -3.26. The second-order valence-electron chi connectivity index (χ2n) is 11.5. The highest BCUT2D eigenvalue weighted by Gasteiger charge is 2.29. The van der Waals surface area contributed by atoms with Gasteiger partial charge in [-0.3, -0.25) is 4.90 Å². The second kappa shape index (κ2) is 12.3. The molecule has 5 rings (SSSR count). The molecule has 2 heterocycles. The minimum atomic E-state index is -1.05. The summed E-state index contributed by atoms with van der Waals surface area (Å²) in [5.41, 5.74) is 5.56. The summed E-state index contributed by atoms with van der Waals surface area (Å²) in [6, 6.07) is 15.1. The first kappa shape index (κ1) is 29.2. The molecule has 9 heteroatoms. The van der Waals surface area contributed by atoms with Crippen molar-refractivity contribution in [2.75, 3.05) is 50.0 Å². The number of nitrogens with zero attached hydrogens (tertiary/aromatic N) is 3. The number of hydrogen-bond acceptors (Lipinski definition) is 6. The molecule has 0 spiro atoms. The highest BCUT2D eigenvalue weighted by Crippen LogP contribution is 2.43. The Kier molecular flexibility index (Phi) is 8.78. The molecule has 1 fully saturated rings. The number of halogens is 2. The number of aromatic nitrogens is 1. The fourth-order valence-electron chi connectivity index (χ4n) is 5.65. The zero-order valence-corrected chi connectivity index (χ0v) is 25.2. The fourth-order valence-corrected chi connectivity index (χ4v) is 6.03. The monoisotopic (exact) mass is 594 g/mol. The Morgan fingerprint density at radius 2 is 1.80 bits per heavy atom. The lowest BCUT2D eigenvalue weighted by Gasteiger charge is -2.39. The average Bonchev–Trinajstić information content (AvgIpc) is 2.95. The number of hydrogen-bond donors (Lipinski definition) is 2. The lowest BCUT2D eigenvalue weighted by molar-refractivity contribution is 0.0694.